The molecule has 0 heterocycles. The summed E-state index contributed by atoms with van der Waals surface area (Å²) in [7, 11) is 0. The molecule has 2 unspecified atom stereocenters. The Labute approximate surface area is 126 Å². The number of hydrogen-bond donors (Lipinski definition) is 0. The van der Waals surface area contributed by atoms with Gasteiger partial charge < -0.3 is 24.8 Å². The molecular formula is C14H18Cl2Ti. The van der Waals surface area contributed by atoms with Crippen LogP contribution in [0, 0.1) is 0 Å². The van der Waals surface area contributed by atoms with Crippen molar-refractivity contribution < 1.29 is 44.0 Å². The molecular weight excluding hydrogens is 287 g/mol. The average Bonchev–Trinajstić information content (AvgIpc) is 2.87. The quantitative estimate of drug-likeness (QED) is 0.553. The summed E-state index contributed by atoms with van der Waals surface area (Å²) in [5, 5.41) is 0. The summed E-state index contributed by atoms with van der Waals surface area (Å²) in [4.78, 5) is 0. The van der Waals surface area contributed by atoms with Gasteiger partial charge in [0.1, 0.15) is 0 Å². The van der Waals surface area contributed by atoms with Crippen LogP contribution < -0.4 is 24.8 Å². The fourth-order valence-corrected chi connectivity index (χ4v) is 5.13. The van der Waals surface area contributed by atoms with Gasteiger partial charge >= 0.3 is 102 Å². The molecule has 0 aromatic heterocycles. The van der Waals surface area contributed by atoms with Crippen molar-refractivity contribution >= 4 is 0 Å². The van der Waals surface area contributed by atoms with Gasteiger partial charge in [-0.05, 0) is 0 Å². The third kappa shape index (κ3) is 4.14. The summed E-state index contributed by atoms with van der Waals surface area (Å²) >= 11 is 0.0705. The largest absolute Gasteiger partial charge is 1.00 e. The van der Waals surface area contributed by atoms with Gasteiger partial charge in [-0.25, -0.2) is 0 Å². The van der Waals surface area contributed by atoms with Crippen LogP contribution in [0.15, 0.2) is 47.6 Å². The van der Waals surface area contributed by atoms with E-state index in [2.05, 4.69) is 50.3 Å². The summed E-state index contributed by atoms with van der Waals surface area (Å²) in [6.07, 6.45) is 16.4. The van der Waals surface area contributed by atoms with Crippen molar-refractivity contribution in [2.24, 2.45) is 0 Å². The van der Waals surface area contributed by atoms with Crippen LogP contribution in [0.1, 0.15) is 26.7 Å². The van der Waals surface area contributed by atoms with Crippen LogP contribution in [0.3, 0.4) is 0 Å². The second-order valence-electron chi connectivity index (χ2n) is 4.08. The molecule has 3 heteroatoms. The predicted octanol–water partition coefficient (Wildman–Crippen LogP) is -1.53. The summed E-state index contributed by atoms with van der Waals surface area (Å²) in [5.74, 6) is 0. The second-order valence-corrected chi connectivity index (χ2v) is 6.55. The van der Waals surface area contributed by atoms with E-state index in [1.807, 2.05) is 0 Å². The third-order valence-corrected chi connectivity index (χ3v) is 6.08. The van der Waals surface area contributed by atoms with Crippen molar-refractivity contribution in [1.29, 1.82) is 0 Å². The monoisotopic (exact) mass is 304 g/mol. The first-order chi connectivity index (χ1) is 7.35. The molecule has 2 rings (SSSR count). The van der Waals surface area contributed by atoms with Crippen molar-refractivity contribution in [3.05, 3.63) is 47.6 Å². The molecule has 0 aliphatic heterocycles. The summed E-state index contributed by atoms with van der Waals surface area (Å²) in [6, 6.07) is 0. The average molecular weight is 305 g/mol. The molecule has 2 atom stereocenters. The van der Waals surface area contributed by atoms with E-state index in [-0.39, 0.29) is 44.0 Å². The molecule has 17 heavy (non-hydrogen) atoms. The van der Waals surface area contributed by atoms with Crippen molar-refractivity contribution in [3.63, 3.8) is 0 Å². The molecule has 0 nitrogen and oxygen atoms in total. The van der Waals surface area contributed by atoms with Gasteiger partial charge in [-0.15, -0.1) is 0 Å². The van der Waals surface area contributed by atoms with E-state index in [0.717, 1.165) is 8.45 Å². The van der Waals surface area contributed by atoms with Gasteiger partial charge in [-0.1, -0.05) is 0 Å². The first-order valence-corrected chi connectivity index (χ1v) is 7.66. The standard InChI is InChI=1S/2C7H9.2ClH.Ti/c2*1-2-7-5-3-4-6-7;;;/h2*3-6H,2H2,1H3;2*1H;/q;;;;+2/p-2. The van der Waals surface area contributed by atoms with Gasteiger partial charge in [0.2, 0.25) is 0 Å². The van der Waals surface area contributed by atoms with Gasteiger partial charge in [0.05, 0.1) is 0 Å². The van der Waals surface area contributed by atoms with Crippen LogP contribution in [0.2, 0.25) is 8.45 Å². The zero-order valence-electron chi connectivity index (χ0n) is 10.3. The molecule has 0 radical (unpaired) electrons. The Balaban J connectivity index is 0.00000128. The Kier molecular flexibility index (Phi) is 8.50. The molecule has 0 aromatic rings. The summed E-state index contributed by atoms with van der Waals surface area (Å²) < 4.78 is 1.63. The van der Waals surface area contributed by atoms with Crippen molar-refractivity contribution in [2.75, 3.05) is 0 Å². The Morgan fingerprint density at radius 3 is 1.65 bits per heavy atom. The van der Waals surface area contributed by atoms with Gasteiger partial charge in [-0.3, -0.25) is 0 Å². The normalized spacial score (nSPS) is 24.6. The van der Waals surface area contributed by atoms with Crippen LogP contribution in [0.25, 0.3) is 0 Å². The molecule has 0 spiro atoms. The van der Waals surface area contributed by atoms with Gasteiger partial charge in [0, 0.05) is 0 Å². The fourth-order valence-electron chi connectivity index (χ4n) is 2.23. The Bertz CT molecular complexity index is 319. The Hall–Kier alpha value is 0.254. The molecule has 2 aliphatic carbocycles. The van der Waals surface area contributed by atoms with Gasteiger partial charge in [0.25, 0.3) is 0 Å². The number of hydrogen-bond acceptors (Lipinski definition) is 0. The molecule has 0 aromatic carbocycles. The van der Waals surface area contributed by atoms with Crippen LogP contribution in [-0.2, 0) is 19.2 Å². The van der Waals surface area contributed by atoms with E-state index in [9.17, 15) is 0 Å². The molecule has 2 aliphatic rings. The molecule has 0 saturated heterocycles. The van der Waals surface area contributed by atoms with E-state index in [0.29, 0.717) is 0 Å². The van der Waals surface area contributed by atoms with Crippen LogP contribution in [0.4, 0.5) is 0 Å². The van der Waals surface area contributed by atoms with Crippen molar-refractivity contribution in [3.8, 4) is 0 Å². The van der Waals surface area contributed by atoms with E-state index in [4.69, 9.17) is 0 Å². The zero-order chi connectivity index (χ0) is 10.7. The minimum atomic E-state index is 0. The topological polar surface area (TPSA) is 0 Å². The summed E-state index contributed by atoms with van der Waals surface area (Å²) in [6.45, 7) is 4.55. The molecule has 92 valence electrons. The van der Waals surface area contributed by atoms with E-state index in [1.54, 1.807) is 11.1 Å². The molecule has 0 amide bonds. The van der Waals surface area contributed by atoms with E-state index in [1.165, 1.54) is 12.8 Å². The van der Waals surface area contributed by atoms with Crippen LogP contribution in [-0.4, -0.2) is 0 Å². The first kappa shape index (κ1) is 17.3. The third-order valence-electron chi connectivity index (χ3n) is 3.20. The molecule has 0 saturated carbocycles. The maximum atomic E-state index is 2.41. The maximum absolute atomic E-state index is 2.41. The number of allylic oxidation sites excluding steroid dienone is 8. The molecule has 0 N–H and O–H groups in total. The Morgan fingerprint density at radius 1 is 0.882 bits per heavy atom. The Morgan fingerprint density at radius 2 is 1.29 bits per heavy atom. The smallest absolute Gasteiger partial charge is 1.00 e. The van der Waals surface area contributed by atoms with Crippen LogP contribution in [0.5, 0.6) is 0 Å². The summed E-state index contributed by atoms with van der Waals surface area (Å²) in [5.41, 5.74) is 3.32. The van der Waals surface area contributed by atoms with E-state index >= 15 is 0 Å². The number of halogens is 2. The van der Waals surface area contributed by atoms with Crippen molar-refractivity contribution in [1.82, 2.24) is 0 Å². The minimum absolute atomic E-state index is 0. The van der Waals surface area contributed by atoms with Gasteiger partial charge in [-0.2, -0.15) is 0 Å². The van der Waals surface area contributed by atoms with Crippen molar-refractivity contribution in [2.45, 2.75) is 35.1 Å². The van der Waals surface area contributed by atoms with Crippen LogP contribution >= 0.6 is 0 Å². The van der Waals surface area contributed by atoms with E-state index < -0.39 is 0 Å². The minimum Gasteiger partial charge on any atom is -1.00 e. The predicted molar refractivity (Wildman–Crippen MR) is 62.5 cm³/mol. The molecule has 0 fully saturated rings. The van der Waals surface area contributed by atoms with Gasteiger partial charge in [0.15, 0.2) is 0 Å². The SMILES string of the molecule is CCC1=CC=C[CH]1[Ti+2][CH]1C=CC=C1CC.[Cl-].[Cl-]. The zero-order valence-corrected chi connectivity index (χ0v) is 13.4. The molecule has 0 bridgehead atoms. The number of rotatable bonds is 4. The maximum Gasteiger partial charge on any atom is -1.00 e. The fraction of sp³-hybridized carbons (Fsp3) is 0.429. The first-order valence-electron chi connectivity index (χ1n) is 5.85. The second kappa shape index (κ2) is 8.37.